The molecule has 0 aromatic heterocycles. The van der Waals surface area contributed by atoms with Gasteiger partial charge >= 0.3 is 0 Å². The molecular weight excluding hydrogens is 178 g/mol. The Labute approximate surface area is 84.3 Å². The molecule has 4 heteroatoms. The first kappa shape index (κ1) is 11.1. The Kier molecular flexibility index (Phi) is 3.17. The number of hydrogen-bond acceptors (Lipinski definition) is 2. The lowest BCUT2D eigenvalue weighted by Crippen LogP contribution is -2.38. The molecule has 1 fully saturated rings. The van der Waals surface area contributed by atoms with E-state index >= 15 is 0 Å². The van der Waals surface area contributed by atoms with E-state index in [-0.39, 0.29) is 11.7 Å². The van der Waals surface area contributed by atoms with Crippen molar-refractivity contribution in [3.63, 3.8) is 0 Å². The van der Waals surface area contributed by atoms with Crippen LogP contribution in [0.3, 0.4) is 0 Å². The Morgan fingerprint density at radius 2 is 2.14 bits per heavy atom. The maximum atomic E-state index is 11.7. The number of Topliss-reactive ketones (excluding diaryl/α,β-unsaturated/α-hetero) is 1. The lowest BCUT2D eigenvalue weighted by atomic mass is 9.73. The van der Waals surface area contributed by atoms with Crippen molar-refractivity contribution < 1.29 is 4.79 Å². The highest BCUT2D eigenvalue weighted by Gasteiger charge is 2.37. The predicted molar refractivity (Wildman–Crippen MR) is 54.7 cm³/mol. The molecule has 4 nitrogen and oxygen atoms in total. The Morgan fingerprint density at radius 3 is 2.64 bits per heavy atom. The van der Waals surface area contributed by atoms with Crippen LogP contribution in [0.4, 0.5) is 0 Å². The zero-order chi connectivity index (χ0) is 10.8. The SMILES string of the molecule is C[C@@H]1CC[C@@H](C(C)(C)N=[N+]=[N-])C(=O)C1. The van der Waals surface area contributed by atoms with Gasteiger partial charge in [-0.3, -0.25) is 4.79 Å². The van der Waals surface area contributed by atoms with Crippen molar-refractivity contribution in [3.05, 3.63) is 10.4 Å². The summed E-state index contributed by atoms with van der Waals surface area (Å²) in [5.74, 6) is 0.649. The lowest BCUT2D eigenvalue weighted by molar-refractivity contribution is -0.127. The van der Waals surface area contributed by atoms with Gasteiger partial charge < -0.3 is 0 Å². The second-order valence-electron chi connectivity index (χ2n) is 4.75. The minimum Gasteiger partial charge on any atom is -0.299 e. The van der Waals surface area contributed by atoms with Gasteiger partial charge in [-0.15, -0.1) is 0 Å². The molecule has 0 N–H and O–H groups in total. The van der Waals surface area contributed by atoms with Crippen molar-refractivity contribution in [1.29, 1.82) is 0 Å². The molecule has 14 heavy (non-hydrogen) atoms. The van der Waals surface area contributed by atoms with E-state index in [1.165, 1.54) is 0 Å². The summed E-state index contributed by atoms with van der Waals surface area (Å²) in [6, 6.07) is 0. The van der Waals surface area contributed by atoms with Crippen LogP contribution >= 0.6 is 0 Å². The van der Waals surface area contributed by atoms with E-state index in [1.807, 2.05) is 13.8 Å². The molecule has 0 radical (unpaired) electrons. The summed E-state index contributed by atoms with van der Waals surface area (Å²) in [4.78, 5) is 14.6. The number of carbonyl (C=O) groups is 1. The second kappa shape index (κ2) is 4.01. The molecule has 0 bridgehead atoms. The highest BCUT2D eigenvalue weighted by molar-refractivity contribution is 5.83. The van der Waals surface area contributed by atoms with E-state index in [0.29, 0.717) is 12.3 Å². The molecule has 0 amide bonds. The molecule has 78 valence electrons. The second-order valence-corrected chi connectivity index (χ2v) is 4.75. The van der Waals surface area contributed by atoms with Crippen LogP contribution in [0.5, 0.6) is 0 Å². The largest absolute Gasteiger partial charge is 0.299 e. The molecule has 0 aromatic carbocycles. The molecule has 0 aromatic rings. The highest BCUT2D eigenvalue weighted by Crippen LogP contribution is 2.34. The quantitative estimate of drug-likeness (QED) is 0.379. The van der Waals surface area contributed by atoms with Gasteiger partial charge in [0.15, 0.2) is 0 Å². The van der Waals surface area contributed by atoms with Gasteiger partial charge in [-0.2, -0.15) is 0 Å². The first-order chi connectivity index (χ1) is 6.47. The fourth-order valence-corrected chi connectivity index (χ4v) is 2.13. The Hall–Kier alpha value is -1.02. The molecule has 0 heterocycles. The van der Waals surface area contributed by atoms with Crippen molar-refractivity contribution in [3.8, 4) is 0 Å². The van der Waals surface area contributed by atoms with Gasteiger partial charge in [0.2, 0.25) is 0 Å². The fourth-order valence-electron chi connectivity index (χ4n) is 2.13. The molecule has 0 spiro atoms. The minimum atomic E-state index is -0.564. The zero-order valence-corrected chi connectivity index (χ0v) is 9.03. The third-order valence-corrected chi connectivity index (χ3v) is 3.04. The fraction of sp³-hybridized carbons (Fsp3) is 0.900. The van der Waals surface area contributed by atoms with Crippen LogP contribution in [0, 0.1) is 11.8 Å². The molecule has 1 aliphatic carbocycles. The van der Waals surface area contributed by atoms with E-state index < -0.39 is 5.54 Å². The molecule has 0 aliphatic heterocycles. The topological polar surface area (TPSA) is 65.8 Å². The van der Waals surface area contributed by atoms with Gasteiger partial charge in [0.1, 0.15) is 5.78 Å². The van der Waals surface area contributed by atoms with E-state index in [0.717, 1.165) is 12.8 Å². The number of rotatable bonds is 2. The molecular formula is C10H17N3O. The molecule has 2 atom stereocenters. The lowest BCUT2D eigenvalue weighted by Gasteiger charge is -2.33. The number of carbonyl (C=O) groups excluding carboxylic acids is 1. The average molecular weight is 195 g/mol. The summed E-state index contributed by atoms with van der Waals surface area (Å²) < 4.78 is 0. The van der Waals surface area contributed by atoms with Crippen LogP contribution in [-0.2, 0) is 4.79 Å². The monoisotopic (exact) mass is 195 g/mol. The van der Waals surface area contributed by atoms with Crippen LogP contribution in [0.15, 0.2) is 5.11 Å². The zero-order valence-electron chi connectivity index (χ0n) is 9.03. The van der Waals surface area contributed by atoms with Gasteiger partial charge in [-0.05, 0) is 24.3 Å². The number of nitrogens with zero attached hydrogens (tertiary/aromatic N) is 3. The van der Waals surface area contributed by atoms with Crippen molar-refractivity contribution in [2.45, 2.75) is 45.6 Å². The van der Waals surface area contributed by atoms with Crippen LogP contribution in [0.25, 0.3) is 10.4 Å². The molecule has 0 saturated heterocycles. The molecule has 1 saturated carbocycles. The van der Waals surface area contributed by atoms with Crippen molar-refractivity contribution in [2.24, 2.45) is 17.0 Å². The summed E-state index contributed by atoms with van der Waals surface area (Å²) in [5.41, 5.74) is 7.85. The van der Waals surface area contributed by atoms with Crippen LogP contribution in [0.2, 0.25) is 0 Å². The Bertz CT molecular complexity index is 279. The Morgan fingerprint density at radius 1 is 1.50 bits per heavy atom. The smallest absolute Gasteiger partial charge is 0.136 e. The summed E-state index contributed by atoms with van der Waals surface area (Å²) in [7, 11) is 0. The maximum absolute atomic E-state index is 11.7. The number of azide groups is 1. The predicted octanol–water partition coefficient (Wildman–Crippen LogP) is 3.08. The molecule has 1 aliphatic rings. The van der Waals surface area contributed by atoms with Crippen LogP contribution in [-0.4, -0.2) is 11.3 Å². The third-order valence-electron chi connectivity index (χ3n) is 3.04. The van der Waals surface area contributed by atoms with Gasteiger partial charge in [-0.25, -0.2) is 0 Å². The summed E-state index contributed by atoms with van der Waals surface area (Å²) in [6.07, 6.45) is 2.54. The summed E-state index contributed by atoms with van der Waals surface area (Å²) in [5, 5.41) is 3.72. The highest BCUT2D eigenvalue weighted by atomic mass is 16.1. The van der Waals surface area contributed by atoms with Crippen molar-refractivity contribution in [2.75, 3.05) is 0 Å². The summed E-state index contributed by atoms with van der Waals surface area (Å²) in [6.45, 7) is 5.77. The van der Waals surface area contributed by atoms with Gasteiger partial charge in [0, 0.05) is 17.3 Å². The van der Waals surface area contributed by atoms with Gasteiger partial charge in [0.25, 0.3) is 0 Å². The Balaban J connectivity index is 2.78. The first-order valence-electron chi connectivity index (χ1n) is 5.06. The van der Waals surface area contributed by atoms with Crippen molar-refractivity contribution in [1.82, 2.24) is 0 Å². The normalized spacial score (nSPS) is 28.4. The van der Waals surface area contributed by atoms with E-state index in [2.05, 4.69) is 16.9 Å². The number of hydrogen-bond donors (Lipinski definition) is 0. The maximum Gasteiger partial charge on any atom is 0.136 e. The van der Waals surface area contributed by atoms with Gasteiger partial charge in [-0.1, -0.05) is 25.9 Å². The van der Waals surface area contributed by atoms with Crippen molar-refractivity contribution >= 4 is 5.78 Å². The van der Waals surface area contributed by atoms with Gasteiger partial charge in [0.05, 0.1) is 5.54 Å². The first-order valence-corrected chi connectivity index (χ1v) is 5.06. The van der Waals surface area contributed by atoms with Crippen LogP contribution in [0.1, 0.15) is 40.0 Å². The van der Waals surface area contributed by atoms with E-state index in [9.17, 15) is 4.79 Å². The van der Waals surface area contributed by atoms with Crippen LogP contribution < -0.4 is 0 Å². The van der Waals surface area contributed by atoms with E-state index in [4.69, 9.17) is 5.53 Å². The molecule has 1 rings (SSSR count). The number of ketones is 1. The summed E-state index contributed by atoms with van der Waals surface area (Å²) >= 11 is 0. The standard InChI is InChI=1S/C10H17N3O/c1-7-4-5-8(9(14)6-7)10(2,3)12-13-11/h7-8H,4-6H2,1-3H3/t7-,8-/m1/s1. The van der Waals surface area contributed by atoms with E-state index in [1.54, 1.807) is 0 Å². The minimum absolute atomic E-state index is 0.0883. The average Bonchev–Trinajstić information content (AvgIpc) is 2.02. The third kappa shape index (κ3) is 2.26. The molecule has 0 unspecified atom stereocenters.